The quantitative estimate of drug-likeness (QED) is 0.113. The van der Waals surface area contributed by atoms with Crippen LogP contribution in [0.3, 0.4) is 0 Å². The molecule has 2 aromatic rings. The van der Waals surface area contributed by atoms with Gasteiger partial charge in [0.15, 0.2) is 11.4 Å². The second-order valence-electron chi connectivity index (χ2n) is 11.2. The van der Waals surface area contributed by atoms with Gasteiger partial charge in [-0.1, -0.05) is 69.9 Å². The first-order valence-electron chi connectivity index (χ1n) is 14.1. The van der Waals surface area contributed by atoms with Gasteiger partial charge in [-0.2, -0.15) is 0 Å². The minimum Gasteiger partial charge on any atom is -0.463 e. The summed E-state index contributed by atoms with van der Waals surface area (Å²) in [6, 6.07) is 9.10. The molecule has 1 aromatic heterocycles. The van der Waals surface area contributed by atoms with Gasteiger partial charge in [0, 0.05) is 23.7 Å². The molecule has 2 atom stereocenters. The van der Waals surface area contributed by atoms with Crippen molar-refractivity contribution in [3.05, 3.63) is 70.4 Å². The van der Waals surface area contributed by atoms with Gasteiger partial charge in [-0.25, -0.2) is 9.78 Å². The Morgan fingerprint density at radius 3 is 2.67 bits per heavy atom. The van der Waals surface area contributed by atoms with Crippen molar-refractivity contribution >= 4 is 23.4 Å². The van der Waals surface area contributed by atoms with Gasteiger partial charge in [0.2, 0.25) is 5.78 Å². The number of unbranched alkanes of at least 4 members (excludes halogenated alkanes) is 3. The summed E-state index contributed by atoms with van der Waals surface area (Å²) < 4.78 is 11.6. The number of esters is 1. The van der Waals surface area contributed by atoms with Gasteiger partial charge in [-0.05, 0) is 61.8 Å². The van der Waals surface area contributed by atoms with Crippen LogP contribution >= 0.6 is 0 Å². The normalized spacial score (nSPS) is 22.0. The number of nitrogens with two attached hydrogens (primary N) is 1. The van der Waals surface area contributed by atoms with Gasteiger partial charge in [0.05, 0.1) is 6.61 Å². The summed E-state index contributed by atoms with van der Waals surface area (Å²) in [5.41, 5.74) is 5.79. The topological polar surface area (TPSA) is 112 Å². The molecule has 2 N–H and O–H groups in total. The molecule has 1 aliphatic heterocycles. The van der Waals surface area contributed by atoms with Gasteiger partial charge in [-0.3, -0.25) is 9.59 Å². The maximum absolute atomic E-state index is 14.1. The number of ether oxygens (including phenoxy) is 2. The lowest BCUT2D eigenvalue weighted by atomic mass is 9.70. The van der Waals surface area contributed by atoms with Crippen LogP contribution in [0, 0.1) is 5.92 Å². The van der Waals surface area contributed by atoms with Crippen LogP contribution < -0.4 is 5.73 Å². The van der Waals surface area contributed by atoms with Crippen LogP contribution in [0.4, 0.5) is 5.82 Å². The third kappa shape index (κ3) is 5.55. The molecule has 1 saturated heterocycles. The largest absolute Gasteiger partial charge is 0.463 e. The van der Waals surface area contributed by atoms with Crippen LogP contribution in [0.5, 0.6) is 0 Å². The van der Waals surface area contributed by atoms with E-state index in [1.165, 1.54) is 0 Å². The Morgan fingerprint density at radius 2 is 1.95 bits per heavy atom. The van der Waals surface area contributed by atoms with E-state index in [2.05, 4.69) is 25.8 Å². The molecule has 2 aliphatic rings. The molecule has 7 heteroatoms. The monoisotopic (exact) mass is 532 g/mol. The first kappa shape index (κ1) is 28.7. The molecule has 4 rings (SSSR count). The number of Topliss-reactive ketones (excluding diaryl/α,β-unsaturated/α-hetero) is 2. The minimum absolute atomic E-state index is 0.126. The van der Waals surface area contributed by atoms with E-state index in [1.54, 1.807) is 18.3 Å². The number of pyridine rings is 1. The molecule has 1 aliphatic carbocycles. The average molecular weight is 533 g/mol. The second kappa shape index (κ2) is 11.8. The Bertz CT molecular complexity index is 1280. The Labute approximate surface area is 231 Å². The Kier molecular flexibility index (Phi) is 8.70. The fourth-order valence-corrected chi connectivity index (χ4v) is 5.52. The van der Waals surface area contributed by atoms with Gasteiger partial charge in [0.1, 0.15) is 5.82 Å². The molecule has 1 aromatic carbocycles. The van der Waals surface area contributed by atoms with Gasteiger partial charge in [0.25, 0.3) is 5.60 Å². The van der Waals surface area contributed by atoms with E-state index in [4.69, 9.17) is 15.2 Å². The van der Waals surface area contributed by atoms with Crippen LogP contribution in [0.1, 0.15) is 98.1 Å². The molecule has 0 bridgehead atoms. The highest BCUT2D eigenvalue weighted by molar-refractivity contribution is 6.33. The van der Waals surface area contributed by atoms with E-state index in [0.717, 1.165) is 48.8 Å². The predicted octanol–water partition coefficient (Wildman–Crippen LogP) is 5.84. The van der Waals surface area contributed by atoms with Crippen molar-refractivity contribution in [3.63, 3.8) is 0 Å². The number of nitrogens with zero attached hydrogens (tertiary/aromatic N) is 1. The van der Waals surface area contributed by atoms with Crippen molar-refractivity contribution in [1.29, 1.82) is 0 Å². The summed E-state index contributed by atoms with van der Waals surface area (Å²) >= 11 is 0. The maximum Gasteiger partial charge on any atom is 0.350 e. The number of hydrogen-bond acceptors (Lipinski definition) is 7. The molecule has 39 heavy (non-hydrogen) atoms. The van der Waals surface area contributed by atoms with Crippen molar-refractivity contribution in [2.24, 2.45) is 5.92 Å². The zero-order chi connectivity index (χ0) is 28.2. The van der Waals surface area contributed by atoms with Crippen molar-refractivity contribution in [2.45, 2.75) is 90.3 Å². The molecule has 1 fully saturated rings. The molecule has 0 amide bonds. The fraction of sp³-hybridized carbons (Fsp3) is 0.500. The molecule has 0 saturated carbocycles. The minimum atomic E-state index is -1.93. The van der Waals surface area contributed by atoms with Crippen LogP contribution in [0.15, 0.2) is 48.2 Å². The van der Waals surface area contributed by atoms with Crippen LogP contribution in [0.25, 0.3) is 0 Å². The summed E-state index contributed by atoms with van der Waals surface area (Å²) in [5, 5.41) is 0. The lowest BCUT2D eigenvalue weighted by molar-refractivity contribution is -0.148. The Balaban J connectivity index is 1.61. The number of nitrogen functional groups attached to an aromatic ring is 1. The van der Waals surface area contributed by atoms with Crippen molar-refractivity contribution in [1.82, 2.24) is 4.98 Å². The van der Waals surface area contributed by atoms with Gasteiger partial charge >= 0.3 is 5.97 Å². The third-order valence-corrected chi connectivity index (χ3v) is 7.70. The molecule has 0 unspecified atom stereocenters. The maximum atomic E-state index is 14.1. The number of carbonyl (C=O) groups is 3. The number of carbonyl (C=O) groups excluding carboxylic acids is 3. The first-order valence-corrected chi connectivity index (χ1v) is 14.1. The molecule has 0 spiro atoms. The number of anilines is 1. The standard InChI is InChI=1S/C32H40N2O5/c1-5-6-7-8-18-38-30(37)32-29(36)27-24(19-21(2)3)10-9-11-25(27)28(35)31(32,39-32)16-14-22(4)12-13-23-15-17-34-26(33)20-23/h9-11,14-15,17,20-21H,5-8,12-13,16,18-19H2,1-4H3,(H2,33,34)/b22-14+/t31-,32-/m0/s1. The summed E-state index contributed by atoms with van der Waals surface area (Å²) in [5.74, 6) is -0.782. The average Bonchev–Trinajstić information content (AvgIpc) is 3.61. The number of benzene rings is 1. The van der Waals surface area contributed by atoms with E-state index < -0.39 is 23.0 Å². The molecule has 7 nitrogen and oxygen atoms in total. The summed E-state index contributed by atoms with van der Waals surface area (Å²) in [6.45, 7) is 8.40. The number of epoxide rings is 1. The van der Waals surface area contributed by atoms with Crippen molar-refractivity contribution < 1.29 is 23.9 Å². The highest BCUT2D eigenvalue weighted by Crippen LogP contribution is 2.59. The number of fused-ring (bicyclic) bond motifs is 2. The molecule has 208 valence electrons. The Morgan fingerprint density at radius 1 is 1.15 bits per heavy atom. The lowest BCUT2D eigenvalue weighted by Gasteiger charge is -2.25. The number of rotatable bonds is 13. The van der Waals surface area contributed by atoms with Crippen LogP contribution in [-0.2, 0) is 27.1 Å². The van der Waals surface area contributed by atoms with Gasteiger partial charge in [-0.15, -0.1) is 0 Å². The zero-order valence-electron chi connectivity index (χ0n) is 23.5. The zero-order valence-corrected chi connectivity index (χ0v) is 23.5. The van der Waals surface area contributed by atoms with Crippen molar-refractivity contribution in [2.75, 3.05) is 12.3 Å². The molecule has 0 radical (unpaired) electrons. The number of allylic oxidation sites excluding steroid dienone is 1. The highest BCUT2D eigenvalue weighted by atomic mass is 16.7. The number of ketones is 2. The number of aryl methyl sites for hydroxylation is 1. The smallest absolute Gasteiger partial charge is 0.350 e. The number of hydrogen-bond donors (Lipinski definition) is 1. The van der Waals surface area contributed by atoms with Gasteiger partial charge < -0.3 is 15.2 Å². The molecular weight excluding hydrogens is 492 g/mol. The molecule has 2 heterocycles. The second-order valence-corrected chi connectivity index (χ2v) is 11.2. The predicted molar refractivity (Wildman–Crippen MR) is 151 cm³/mol. The molecular formula is C32H40N2O5. The third-order valence-electron chi connectivity index (χ3n) is 7.70. The van der Waals surface area contributed by atoms with Crippen LogP contribution in [0.2, 0.25) is 0 Å². The SMILES string of the molecule is CCCCCCOC(=O)[C@]12O[C@@]1(C/C=C(\C)CCc1ccnc(N)c1)C(=O)c1cccc(CC(C)C)c1C2=O. The summed E-state index contributed by atoms with van der Waals surface area (Å²) in [4.78, 5) is 45.6. The van der Waals surface area contributed by atoms with Crippen LogP contribution in [-0.4, -0.2) is 40.3 Å². The number of aromatic nitrogens is 1. The fourth-order valence-electron chi connectivity index (χ4n) is 5.52. The Hall–Kier alpha value is -3.32. The van der Waals surface area contributed by atoms with E-state index in [9.17, 15) is 14.4 Å². The van der Waals surface area contributed by atoms with Crippen molar-refractivity contribution in [3.8, 4) is 0 Å². The van der Waals surface area contributed by atoms with E-state index in [0.29, 0.717) is 29.8 Å². The first-order chi connectivity index (χ1) is 18.7. The summed E-state index contributed by atoms with van der Waals surface area (Å²) in [7, 11) is 0. The lowest BCUT2D eigenvalue weighted by Crippen LogP contribution is -2.51. The summed E-state index contributed by atoms with van der Waals surface area (Å²) in [6.07, 6.45) is 9.57. The van der Waals surface area contributed by atoms with E-state index >= 15 is 0 Å². The van der Waals surface area contributed by atoms with E-state index in [-0.39, 0.29) is 24.7 Å². The van der Waals surface area contributed by atoms with E-state index in [1.807, 2.05) is 31.2 Å². The highest BCUT2D eigenvalue weighted by Gasteiger charge is 2.85.